The Morgan fingerprint density at radius 1 is 1.53 bits per heavy atom. The van der Waals surface area contributed by atoms with Crippen LogP contribution in [0.25, 0.3) is 0 Å². The highest BCUT2D eigenvalue weighted by Gasteiger charge is 2.44. The van der Waals surface area contributed by atoms with Gasteiger partial charge in [0.05, 0.1) is 19.3 Å². The lowest BCUT2D eigenvalue weighted by Gasteiger charge is -2.34. The average Bonchev–Trinajstić information content (AvgIpc) is 2.51. The molecule has 19 heavy (non-hydrogen) atoms. The molecule has 0 aromatic rings. The normalized spacial score (nSPS) is 23.6. The molecule has 0 aromatic heterocycles. The van der Waals surface area contributed by atoms with Gasteiger partial charge in [0.25, 0.3) is 0 Å². The third kappa shape index (κ3) is 4.21. The van der Waals surface area contributed by atoms with Crippen molar-refractivity contribution in [3.05, 3.63) is 11.6 Å². The van der Waals surface area contributed by atoms with Gasteiger partial charge < -0.3 is 14.6 Å². The summed E-state index contributed by atoms with van der Waals surface area (Å²) >= 11 is 0. The smallest absolute Gasteiger partial charge is 0.413 e. The van der Waals surface area contributed by atoms with Crippen molar-refractivity contribution in [2.75, 3.05) is 13.2 Å². The first-order valence-corrected chi connectivity index (χ1v) is 6.51. The largest absolute Gasteiger partial charge is 0.444 e. The van der Waals surface area contributed by atoms with Crippen LogP contribution in [-0.4, -0.2) is 46.7 Å². The predicted octanol–water partition coefficient (Wildman–Crippen LogP) is 2.30. The summed E-state index contributed by atoms with van der Waals surface area (Å²) in [6.07, 6.45) is 1.44. The molecule has 1 saturated heterocycles. The molecule has 1 atom stereocenters. The molecule has 0 bridgehead atoms. The Morgan fingerprint density at radius 2 is 2.11 bits per heavy atom. The van der Waals surface area contributed by atoms with Crippen LogP contribution in [-0.2, 0) is 9.47 Å². The molecule has 0 aromatic carbocycles. The molecule has 5 nitrogen and oxygen atoms in total. The summed E-state index contributed by atoms with van der Waals surface area (Å²) in [7, 11) is 0. The van der Waals surface area contributed by atoms with Gasteiger partial charge in [-0.1, -0.05) is 6.08 Å². The molecule has 1 N–H and O–H groups in total. The van der Waals surface area contributed by atoms with E-state index in [9.17, 15) is 4.79 Å². The van der Waals surface area contributed by atoms with Gasteiger partial charge in [0.2, 0.25) is 0 Å². The standard InChI is InChI=1S/C14H25NO4/c1-10(8-16)7-11-9-18-14(5,6)15(11)12(17)19-13(2,3)4/h7,11,16H,8-9H2,1-6H3/t11-/m0/s1. The minimum absolute atomic E-state index is 0.0287. The van der Waals surface area contributed by atoms with Gasteiger partial charge in [-0.3, -0.25) is 4.90 Å². The summed E-state index contributed by atoms with van der Waals surface area (Å²) in [5, 5.41) is 9.09. The van der Waals surface area contributed by atoms with Crippen molar-refractivity contribution in [3.63, 3.8) is 0 Å². The van der Waals surface area contributed by atoms with E-state index >= 15 is 0 Å². The third-order valence-corrected chi connectivity index (χ3v) is 2.84. The van der Waals surface area contributed by atoms with Crippen molar-refractivity contribution in [1.82, 2.24) is 4.90 Å². The van der Waals surface area contributed by atoms with E-state index in [0.29, 0.717) is 6.61 Å². The number of nitrogens with zero attached hydrogens (tertiary/aromatic N) is 1. The average molecular weight is 271 g/mol. The van der Waals surface area contributed by atoms with Gasteiger partial charge in [-0.15, -0.1) is 0 Å². The van der Waals surface area contributed by atoms with E-state index < -0.39 is 17.4 Å². The Hall–Kier alpha value is -1.07. The molecule has 1 aliphatic rings. The fourth-order valence-electron chi connectivity index (χ4n) is 2.00. The van der Waals surface area contributed by atoms with E-state index in [2.05, 4.69) is 0 Å². The molecule has 1 amide bonds. The zero-order chi connectivity index (χ0) is 14.8. The highest BCUT2D eigenvalue weighted by Crippen LogP contribution is 2.30. The lowest BCUT2D eigenvalue weighted by atomic mass is 10.1. The van der Waals surface area contributed by atoms with Gasteiger partial charge in [-0.05, 0) is 47.1 Å². The van der Waals surface area contributed by atoms with Crippen molar-refractivity contribution >= 4 is 6.09 Å². The molecule has 0 spiro atoms. The van der Waals surface area contributed by atoms with Crippen LogP contribution < -0.4 is 0 Å². The second kappa shape index (κ2) is 5.51. The molecule has 1 rings (SSSR count). The van der Waals surface area contributed by atoms with E-state index in [0.717, 1.165) is 5.57 Å². The van der Waals surface area contributed by atoms with E-state index in [1.54, 1.807) is 4.90 Å². The van der Waals surface area contributed by atoms with Gasteiger partial charge >= 0.3 is 6.09 Å². The SMILES string of the molecule is CC(=C[C@H]1COC(C)(C)N1C(=O)OC(C)(C)C)CO. The van der Waals surface area contributed by atoms with E-state index in [-0.39, 0.29) is 12.6 Å². The van der Waals surface area contributed by atoms with Gasteiger partial charge in [-0.25, -0.2) is 4.79 Å². The molecule has 0 saturated carbocycles. The highest BCUT2D eigenvalue weighted by atomic mass is 16.6. The molecule has 0 aliphatic carbocycles. The number of hydrogen-bond donors (Lipinski definition) is 1. The first kappa shape index (κ1) is 16.0. The summed E-state index contributed by atoms with van der Waals surface area (Å²) in [4.78, 5) is 13.9. The van der Waals surface area contributed by atoms with E-state index in [1.807, 2.05) is 47.6 Å². The number of hydrogen-bond acceptors (Lipinski definition) is 4. The molecular weight excluding hydrogens is 246 g/mol. The maximum absolute atomic E-state index is 12.3. The van der Waals surface area contributed by atoms with Crippen LogP contribution in [0.15, 0.2) is 11.6 Å². The quantitative estimate of drug-likeness (QED) is 0.783. The molecule has 1 fully saturated rings. The Morgan fingerprint density at radius 3 is 2.58 bits per heavy atom. The number of ether oxygens (including phenoxy) is 2. The van der Waals surface area contributed by atoms with Crippen LogP contribution in [0.1, 0.15) is 41.5 Å². The van der Waals surface area contributed by atoms with Gasteiger partial charge in [0, 0.05) is 0 Å². The summed E-state index contributed by atoms with van der Waals surface area (Å²) in [5.74, 6) is 0. The first-order chi connectivity index (χ1) is 8.57. The molecular formula is C14H25NO4. The third-order valence-electron chi connectivity index (χ3n) is 2.84. The minimum Gasteiger partial charge on any atom is -0.444 e. The zero-order valence-corrected chi connectivity index (χ0v) is 12.7. The van der Waals surface area contributed by atoms with Crippen LogP contribution in [0.4, 0.5) is 4.79 Å². The van der Waals surface area contributed by atoms with Crippen LogP contribution >= 0.6 is 0 Å². The number of amides is 1. The lowest BCUT2D eigenvalue weighted by molar-refractivity contribution is -0.0610. The van der Waals surface area contributed by atoms with Gasteiger partial charge in [-0.2, -0.15) is 0 Å². The summed E-state index contributed by atoms with van der Waals surface area (Å²) in [6, 6.07) is -0.211. The molecule has 0 unspecified atom stereocenters. The second-order valence-electron chi connectivity index (χ2n) is 6.35. The fraction of sp³-hybridized carbons (Fsp3) is 0.786. The maximum atomic E-state index is 12.3. The van der Waals surface area contributed by atoms with Crippen molar-refractivity contribution < 1.29 is 19.4 Å². The van der Waals surface area contributed by atoms with E-state index in [4.69, 9.17) is 14.6 Å². The highest BCUT2D eigenvalue weighted by molar-refractivity contribution is 5.70. The topological polar surface area (TPSA) is 59.0 Å². The Labute approximate surface area is 115 Å². The predicted molar refractivity (Wildman–Crippen MR) is 72.7 cm³/mol. The van der Waals surface area contributed by atoms with Gasteiger partial charge in [0.1, 0.15) is 11.3 Å². The number of aliphatic hydroxyl groups is 1. The van der Waals surface area contributed by atoms with Crippen molar-refractivity contribution in [2.24, 2.45) is 0 Å². The van der Waals surface area contributed by atoms with Gasteiger partial charge in [0.15, 0.2) is 0 Å². The molecule has 5 heteroatoms. The number of carbonyl (C=O) groups is 1. The molecule has 110 valence electrons. The molecule has 1 aliphatic heterocycles. The Kier molecular flexibility index (Phi) is 4.63. The molecule has 1 heterocycles. The lowest BCUT2D eigenvalue weighted by Crippen LogP contribution is -2.49. The fourth-order valence-corrected chi connectivity index (χ4v) is 2.00. The Balaban J connectivity index is 2.93. The summed E-state index contributed by atoms with van der Waals surface area (Å²) in [5.41, 5.74) is -0.449. The number of aliphatic hydroxyl groups excluding tert-OH is 1. The number of rotatable bonds is 2. The van der Waals surface area contributed by atoms with Crippen molar-refractivity contribution in [1.29, 1.82) is 0 Å². The van der Waals surface area contributed by atoms with Crippen LogP contribution in [0.3, 0.4) is 0 Å². The van der Waals surface area contributed by atoms with E-state index in [1.165, 1.54) is 0 Å². The molecule has 0 radical (unpaired) electrons. The minimum atomic E-state index is -0.709. The Bertz CT molecular complexity index is 368. The summed E-state index contributed by atoms with van der Waals surface area (Å²) < 4.78 is 11.1. The van der Waals surface area contributed by atoms with Crippen molar-refractivity contribution in [2.45, 2.75) is 58.9 Å². The summed E-state index contributed by atoms with van der Waals surface area (Å²) in [6.45, 7) is 11.4. The number of carbonyl (C=O) groups excluding carboxylic acids is 1. The van der Waals surface area contributed by atoms with Crippen LogP contribution in [0.5, 0.6) is 0 Å². The monoisotopic (exact) mass is 271 g/mol. The maximum Gasteiger partial charge on any atom is 0.413 e. The van der Waals surface area contributed by atoms with Crippen LogP contribution in [0.2, 0.25) is 0 Å². The van der Waals surface area contributed by atoms with Crippen molar-refractivity contribution in [3.8, 4) is 0 Å². The second-order valence-corrected chi connectivity index (χ2v) is 6.35. The zero-order valence-electron chi connectivity index (χ0n) is 12.7. The van der Waals surface area contributed by atoms with Crippen LogP contribution in [0, 0.1) is 0 Å². The first-order valence-electron chi connectivity index (χ1n) is 6.51.